The lowest BCUT2D eigenvalue weighted by Crippen LogP contribution is -2.29. The zero-order valence-electron chi connectivity index (χ0n) is 14.9. The molecular formula is C19H25N3O3. The van der Waals surface area contributed by atoms with Crippen LogP contribution in [0.5, 0.6) is 11.5 Å². The maximum absolute atomic E-state index is 12.8. The van der Waals surface area contributed by atoms with E-state index in [1.54, 1.807) is 31.5 Å². The maximum Gasteiger partial charge on any atom is 0.255 e. The number of amides is 1. The number of aromatic nitrogens is 1. The largest absolute Gasteiger partial charge is 0.497 e. The molecule has 1 heterocycles. The van der Waals surface area contributed by atoms with Gasteiger partial charge in [-0.15, -0.1) is 0 Å². The van der Waals surface area contributed by atoms with E-state index in [9.17, 15) is 4.79 Å². The van der Waals surface area contributed by atoms with Crippen LogP contribution < -0.4 is 20.5 Å². The van der Waals surface area contributed by atoms with Gasteiger partial charge in [-0.25, -0.2) is 0 Å². The SMILES string of the molecule is CC[C@@H](NC(=O)c1ccc(OC)cc1OCCN)c1ncccc1C. The van der Waals surface area contributed by atoms with Crippen LogP contribution in [0.1, 0.15) is 41.0 Å². The van der Waals surface area contributed by atoms with Gasteiger partial charge in [0.15, 0.2) is 0 Å². The van der Waals surface area contributed by atoms with Crippen molar-refractivity contribution in [2.45, 2.75) is 26.3 Å². The molecule has 0 bridgehead atoms. The van der Waals surface area contributed by atoms with Crippen LogP contribution in [0.3, 0.4) is 0 Å². The molecule has 1 atom stereocenters. The molecule has 0 unspecified atom stereocenters. The highest BCUT2D eigenvalue weighted by Crippen LogP contribution is 2.26. The molecule has 25 heavy (non-hydrogen) atoms. The summed E-state index contributed by atoms with van der Waals surface area (Å²) in [5.74, 6) is 0.859. The number of nitrogens with zero attached hydrogens (tertiary/aromatic N) is 1. The highest BCUT2D eigenvalue weighted by Gasteiger charge is 2.20. The van der Waals surface area contributed by atoms with Gasteiger partial charge in [-0.05, 0) is 37.1 Å². The summed E-state index contributed by atoms with van der Waals surface area (Å²) < 4.78 is 10.8. The Hall–Kier alpha value is -2.60. The Balaban J connectivity index is 2.25. The minimum atomic E-state index is -0.216. The minimum absolute atomic E-state index is 0.168. The number of methoxy groups -OCH3 is 1. The van der Waals surface area contributed by atoms with Gasteiger partial charge in [-0.3, -0.25) is 9.78 Å². The number of hydrogen-bond acceptors (Lipinski definition) is 5. The first-order chi connectivity index (χ1) is 12.1. The fraction of sp³-hybridized carbons (Fsp3) is 0.368. The molecule has 2 rings (SSSR count). The summed E-state index contributed by atoms with van der Waals surface area (Å²) in [6.45, 7) is 4.69. The first-order valence-electron chi connectivity index (χ1n) is 8.34. The van der Waals surface area contributed by atoms with E-state index in [0.29, 0.717) is 30.2 Å². The summed E-state index contributed by atoms with van der Waals surface area (Å²) in [6, 6.07) is 8.82. The molecule has 3 N–H and O–H groups in total. The van der Waals surface area contributed by atoms with Crippen molar-refractivity contribution in [1.29, 1.82) is 0 Å². The predicted molar refractivity (Wildman–Crippen MR) is 97.0 cm³/mol. The third-order valence-corrected chi connectivity index (χ3v) is 3.90. The Morgan fingerprint density at radius 1 is 1.36 bits per heavy atom. The van der Waals surface area contributed by atoms with E-state index in [-0.39, 0.29) is 11.9 Å². The predicted octanol–water partition coefficient (Wildman–Crippen LogP) is 2.62. The van der Waals surface area contributed by atoms with Crippen LogP contribution in [0.25, 0.3) is 0 Å². The van der Waals surface area contributed by atoms with Crippen molar-refractivity contribution in [3.8, 4) is 11.5 Å². The third kappa shape index (κ3) is 4.70. The van der Waals surface area contributed by atoms with Gasteiger partial charge in [0.1, 0.15) is 18.1 Å². The quantitative estimate of drug-likeness (QED) is 0.769. The molecule has 0 radical (unpaired) electrons. The number of nitrogens with one attached hydrogen (secondary N) is 1. The number of aryl methyl sites for hydroxylation is 1. The van der Waals surface area contributed by atoms with E-state index in [1.165, 1.54) is 0 Å². The summed E-state index contributed by atoms with van der Waals surface area (Å²) >= 11 is 0. The van der Waals surface area contributed by atoms with E-state index < -0.39 is 0 Å². The number of nitrogens with two attached hydrogens (primary N) is 1. The van der Waals surface area contributed by atoms with Gasteiger partial charge in [0.25, 0.3) is 5.91 Å². The van der Waals surface area contributed by atoms with Crippen molar-refractivity contribution in [3.05, 3.63) is 53.3 Å². The summed E-state index contributed by atoms with van der Waals surface area (Å²) in [6.07, 6.45) is 2.47. The van der Waals surface area contributed by atoms with Gasteiger partial charge >= 0.3 is 0 Å². The molecule has 0 aliphatic carbocycles. The zero-order chi connectivity index (χ0) is 18.2. The number of rotatable bonds is 8. The Morgan fingerprint density at radius 2 is 2.16 bits per heavy atom. The normalized spacial score (nSPS) is 11.7. The second-order valence-electron chi connectivity index (χ2n) is 5.64. The number of pyridine rings is 1. The van der Waals surface area contributed by atoms with E-state index in [0.717, 1.165) is 17.7 Å². The molecule has 0 saturated carbocycles. The highest BCUT2D eigenvalue weighted by atomic mass is 16.5. The number of ether oxygens (including phenoxy) is 2. The average Bonchev–Trinajstić information content (AvgIpc) is 2.64. The standard InChI is InChI=1S/C19H25N3O3/c1-4-16(18-13(2)6-5-10-21-18)22-19(23)15-8-7-14(24-3)12-17(15)25-11-9-20/h5-8,10,12,16H,4,9,11,20H2,1-3H3,(H,22,23)/t16-/m1/s1. The molecule has 2 aromatic rings. The fourth-order valence-corrected chi connectivity index (χ4v) is 2.57. The lowest BCUT2D eigenvalue weighted by molar-refractivity contribution is 0.0930. The fourth-order valence-electron chi connectivity index (χ4n) is 2.57. The maximum atomic E-state index is 12.8. The van der Waals surface area contributed by atoms with Gasteiger partial charge in [0.05, 0.1) is 24.4 Å². The molecule has 134 valence electrons. The van der Waals surface area contributed by atoms with E-state index >= 15 is 0 Å². The van der Waals surface area contributed by atoms with Crippen molar-refractivity contribution in [2.24, 2.45) is 5.73 Å². The van der Waals surface area contributed by atoms with Crippen molar-refractivity contribution >= 4 is 5.91 Å². The van der Waals surface area contributed by atoms with E-state index in [4.69, 9.17) is 15.2 Å². The first-order valence-corrected chi connectivity index (χ1v) is 8.34. The van der Waals surface area contributed by atoms with Crippen LogP contribution in [-0.4, -0.2) is 31.2 Å². The minimum Gasteiger partial charge on any atom is -0.497 e. The second-order valence-corrected chi connectivity index (χ2v) is 5.64. The highest BCUT2D eigenvalue weighted by molar-refractivity contribution is 5.97. The Bertz CT molecular complexity index is 719. The van der Waals surface area contributed by atoms with Crippen LogP contribution in [0.15, 0.2) is 36.5 Å². The molecule has 0 spiro atoms. The molecule has 6 heteroatoms. The van der Waals surface area contributed by atoms with Crippen molar-refractivity contribution in [3.63, 3.8) is 0 Å². The van der Waals surface area contributed by atoms with Crippen LogP contribution >= 0.6 is 0 Å². The van der Waals surface area contributed by atoms with Crippen LogP contribution in [-0.2, 0) is 0 Å². The van der Waals surface area contributed by atoms with Crippen LogP contribution in [0.4, 0.5) is 0 Å². The summed E-state index contributed by atoms with van der Waals surface area (Å²) in [5, 5.41) is 3.04. The van der Waals surface area contributed by atoms with Crippen molar-refractivity contribution in [1.82, 2.24) is 10.3 Å². The summed E-state index contributed by atoms with van der Waals surface area (Å²) in [4.78, 5) is 17.2. The van der Waals surface area contributed by atoms with Gasteiger partial charge in [0.2, 0.25) is 0 Å². The number of carbonyl (C=O) groups excluding carboxylic acids is 1. The molecular weight excluding hydrogens is 318 g/mol. The van der Waals surface area contributed by atoms with Gasteiger partial charge in [-0.1, -0.05) is 13.0 Å². The zero-order valence-corrected chi connectivity index (χ0v) is 14.9. The van der Waals surface area contributed by atoms with E-state index in [2.05, 4.69) is 10.3 Å². The number of carbonyl (C=O) groups is 1. The Morgan fingerprint density at radius 3 is 2.80 bits per heavy atom. The molecule has 0 fully saturated rings. The lowest BCUT2D eigenvalue weighted by atomic mass is 10.0. The molecule has 6 nitrogen and oxygen atoms in total. The smallest absolute Gasteiger partial charge is 0.255 e. The van der Waals surface area contributed by atoms with Gasteiger partial charge < -0.3 is 20.5 Å². The van der Waals surface area contributed by atoms with Crippen molar-refractivity contribution < 1.29 is 14.3 Å². The van der Waals surface area contributed by atoms with Gasteiger partial charge in [0, 0.05) is 18.8 Å². The Kier molecular flexibility index (Phi) is 6.77. The average molecular weight is 343 g/mol. The summed E-state index contributed by atoms with van der Waals surface area (Å²) in [5.41, 5.74) is 7.87. The topological polar surface area (TPSA) is 86.5 Å². The number of hydrogen-bond donors (Lipinski definition) is 2. The first kappa shape index (κ1) is 18.7. The molecule has 1 aromatic heterocycles. The summed E-state index contributed by atoms with van der Waals surface area (Å²) in [7, 11) is 1.57. The van der Waals surface area contributed by atoms with Crippen molar-refractivity contribution in [2.75, 3.05) is 20.3 Å². The Labute approximate surface area is 148 Å². The second kappa shape index (κ2) is 9.03. The van der Waals surface area contributed by atoms with Crippen LogP contribution in [0, 0.1) is 6.92 Å². The van der Waals surface area contributed by atoms with Crippen LogP contribution in [0.2, 0.25) is 0 Å². The molecule has 0 aliphatic heterocycles. The van der Waals surface area contributed by atoms with E-state index in [1.807, 2.05) is 26.0 Å². The lowest BCUT2D eigenvalue weighted by Gasteiger charge is -2.19. The number of benzene rings is 1. The molecule has 1 amide bonds. The third-order valence-electron chi connectivity index (χ3n) is 3.90. The van der Waals surface area contributed by atoms with Gasteiger partial charge in [-0.2, -0.15) is 0 Å². The molecule has 0 saturated heterocycles. The molecule has 1 aromatic carbocycles. The monoisotopic (exact) mass is 343 g/mol. The molecule has 0 aliphatic rings.